The van der Waals surface area contributed by atoms with E-state index in [0.29, 0.717) is 17.7 Å². The van der Waals surface area contributed by atoms with Gasteiger partial charge in [0.1, 0.15) is 0 Å². The number of nitrogens with one attached hydrogen (secondary N) is 1. The molecule has 1 N–H and O–H groups in total. The van der Waals surface area contributed by atoms with Crippen LogP contribution < -0.4 is 10.1 Å². The highest BCUT2D eigenvalue weighted by Gasteiger charge is 2.20. The molecule has 1 fully saturated rings. The average Bonchev–Trinajstić information content (AvgIpc) is 3.12. The predicted molar refractivity (Wildman–Crippen MR) is 72.1 cm³/mol. The van der Waals surface area contributed by atoms with Gasteiger partial charge in [-0.2, -0.15) is 5.10 Å². The maximum Gasteiger partial charge on any atom is 0.219 e. The molecule has 1 saturated carbocycles. The van der Waals surface area contributed by atoms with E-state index < -0.39 is 0 Å². The molecule has 5 heteroatoms. The minimum atomic E-state index is 0.612. The summed E-state index contributed by atoms with van der Waals surface area (Å²) in [5, 5.41) is 7.55. The van der Waals surface area contributed by atoms with Crippen LogP contribution in [0.2, 0.25) is 0 Å². The molecule has 5 nitrogen and oxygen atoms in total. The number of aromatic nitrogens is 3. The van der Waals surface area contributed by atoms with Crippen molar-refractivity contribution in [1.82, 2.24) is 20.1 Å². The molecule has 0 unspecified atom stereocenters. The van der Waals surface area contributed by atoms with Crippen LogP contribution in [0, 0.1) is 6.92 Å². The number of hydrogen-bond donors (Lipinski definition) is 1. The molecular formula is C14H18N4O. The molecule has 100 valence electrons. The summed E-state index contributed by atoms with van der Waals surface area (Å²) in [6.45, 7) is 2.90. The van der Waals surface area contributed by atoms with E-state index in [2.05, 4.69) is 21.5 Å². The van der Waals surface area contributed by atoms with Crippen LogP contribution in [0.5, 0.6) is 11.6 Å². The summed E-state index contributed by atoms with van der Waals surface area (Å²) in [7, 11) is 1.86. The van der Waals surface area contributed by atoms with Crippen molar-refractivity contribution < 1.29 is 4.74 Å². The molecule has 19 heavy (non-hydrogen) atoms. The quantitative estimate of drug-likeness (QED) is 0.893. The molecule has 0 radical (unpaired) electrons. The third-order valence-electron chi connectivity index (χ3n) is 3.23. The molecule has 3 rings (SSSR count). The van der Waals surface area contributed by atoms with Crippen molar-refractivity contribution in [3.63, 3.8) is 0 Å². The van der Waals surface area contributed by atoms with Gasteiger partial charge in [-0.3, -0.25) is 4.68 Å². The fourth-order valence-corrected chi connectivity index (χ4v) is 1.92. The van der Waals surface area contributed by atoms with E-state index in [1.807, 2.05) is 26.2 Å². The van der Waals surface area contributed by atoms with Crippen LogP contribution in [0.15, 0.2) is 24.5 Å². The maximum absolute atomic E-state index is 5.66. The molecule has 0 bridgehead atoms. The summed E-state index contributed by atoms with van der Waals surface area (Å²) in [4.78, 5) is 4.48. The van der Waals surface area contributed by atoms with Gasteiger partial charge in [0, 0.05) is 31.4 Å². The molecule has 0 aromatic carbocycles. The number of hydrogen-bond acceptors (Lipinski definition) is 4. The van der Waals surface area contributed by atoms with Crippen molar-refractivity contribution >= 4 is 0 Å². The largest absolute Gasteiger partial charge is 0.436 e. The van der Waals surface area contributed by atoms with Crippen LogP contribution in [-0.4, -0.2) is 20.8 Å². The lowest BCUT2D eigenvalue weighted by molar-refractivity contribution is 0.460. The Morgan fingerprint density at radius 3 is 2.89 bits per heavy atom. The smallest absolute Gasteiger partial charge is 0.219 e. The first-order valence-corrected chi connectivity index (χ1v) is 6.57. The zero-order valence-corrected chi connectivity index (χ0v) is 11.3. The van der Waals surface area contributed by atoms with E-state index in [9.17, 15) is 0 Å². The van der Waals surface area contributed by atoms with Crippen molar-refractivity contribution in [2.24, 2.45) is 7.05 Å². The van der Waals surface area contributed by atoms with Crippen LogP contribution in [0.3, 0.4) is 0 Å². The van der Waals surface area contributed by atoms with Crippen molar-refractivity contribution in [3.05, 3.63) is 35.8 Å². The lowest BCUT2D eigenvalue weighted by atomic mass is 10.2. The van der Waals surface area contributed by atoms with E-state index in [-0.39, 0.29) is 0 Å². The molecule has 0 atom stereocenters. The van der Waals surface area contributed by atoms with E-state index in [4.69, 9.17) is 4.74 Å². The fraction of sp³-hybridized carbons (Fsp3) is 0.429. The third kappa shape index (κ3) is 3.12. The van der Waals surface area contributed by atoms with Crippen LogP contribution in [0.25, 0.3) is 0 Å². The van der Waals surface area contributed by atoms with Gasteiger partial charge in [0.15, 0.2) is 5.75 Å². The summed E-state index contributed by atoms with van der Waals surface area (Å²) in [6.07, 6.45) is 6.10. The summed E-state index contributed by atoms with van der Waals surface area (Å²) < 4.78 is 7.36. The first kappa shape index (κ1) is 12.2. The minimum Gasteiger partial charge on any atom is -0.436 e. The molecule has 1 aliphatic carbocycles. The Bertz CT molecular complexity index is 575. The lowest BCUT2D eigenvalue weighted by Gasteiger charge is -2.08. The van der Waals surface area contributed by atoms with Gasteiger partial charge in [-0.1, -0.05) is 6.07 Å². The molecule has 2 aromatic rings. The minimum absolute atomic E-state index is 0.612. The molecule has 0 spiro atoms. The standard InChI is InChI=1S/C14H18N4O/c1-10-11(7-15-12-4-5-12)3-6-14(17-10)19-13-8-16-18(2)9-13/h3,6,8-9,12,15H,4-5,7H2,1-2H3. The normalized spacial score (nSPS) is 14.6. The average molecular weight is 258 g/mol. The Morgan fingerprint density at radius 2 is 2.26 bits per heavy atom. The molecule has 0 saturated heterocycles. The Balaban J connectivity index is 1.67. The van der Waals surface area contributed by atoms with Crippen LogP contribution in [-0.2, 0) is 13.6 Å². The lowest BCUT2D eigenvalue weighted by Crippen LogP contribution is -2.16. The monoisotopic (exact) mass is 258 g/mol. The van der Waals surface area contributed by atoms with Crippen LogP contribution in [0.4, 0.5) is 0 Å². The van der Waals surface area contributed by atoms with Gasteiger partial charge in [-0.15, -0.1) is 0 Å². The number of rotatable bonds is 5. The summed E-state index contributed by atoms with van der Waals surface area (Å²) in [6, 6.07) is 4.69. The number of aryl methyl sites for hydroxylation is 2. The topological polar surface area (TPSA) is 52.0 Å². The second kappa shape index (κ2) is 5.01. The molecule has 0 amide bonds. The van der Waals surface area contributed by atoms with Crippen molar-refractivity contribution in [2.75, 3.05) is 0 Å². The van der Waals surface area contributed by atoms with Crippen molar-refractivity contribution in [1.29, 1.82) is 0 Å². The maximum atomic E-state index is 5.66. The summed E-state index contributed by atoms with van der Waals surface area (Å²) in [5.41, 5.74) is 2.24. The molecular weight excluding hydrogens is 240 g/mol. The highest BCUT2D eigenvalue weighted by atomic mass is 16.5. The van der Waals surface area contributed by atoms with Gasteiger partial charge < -0.3 is 10.1 Å². The van der Waals surface area contributed by atoms with Gasteiger partial charge >= 0.3 is 0 Å². The summed E-state index contributed by atoms with van der Waals surface area (Å²) >= 11 is 0. The van der Waals surface area contributed by atoms with Crippen molar-refractivity contribution in [3.8, 4) is 11.6 Å². The Labute approximate surface area is 112 Å². The molecule has 0 aliphatic heterocycles. The first-order chi connectivity index (χ1) is 9.20. The van der Waals surface area contributed by atoms with E-state index in [0.717, 1.165) is 12.2 Å². The summed E-state index contributed by atoms with van der Waals surface area (Å²) in [5.74, 6) is 1.32. The number of ether oxygens (including phenoxy) is 1. The van der Waals surface area contributed by atoms with Crippen LogP contribution >= 0.6 is 0 Å². The van der Waals surface area contributed by atoms with Crippen molar-refractivity contribution in [2.45, 2.75) is 32.4 Å². The first-order valence-electron chi connectivity index (χ1n) is 6.57. The highest BCUT2D eigenvalue weighted by molar-refractivity contribution is 5.28. The van der Waals surface area contributed by atoms with Gasteiger partial charge in [-0.05, 0) is 25.3 Å². The van der Waals surface area contributed by atoms with Gasteiger partial charge in [-0.25, -0.2) is 4.98 Å². The van der Waals surface area contributed by atoms with Gasteiger partial charge in [0.25, 0.3) is 0 Å². The fourth-order valence-electron chi connectivity index (χ4n) is 1.92. The second-order valence-electron chi connectivity index (χ2n) is 5.00. The van der Waals surface area contributed by atoms with Crippen LogP contribution in [0.1, 0.15) is 24.1 Å². The second-order valence-corrected chi connectivity index (χ2v) is 5.00. The highest BCUT2D eigenvalue weighted by Crippen LogP contribution is 2.22. The SMILES string of the molecule is Cc1nc(Oc2cnn(C)c2)ccc1CNC1CC1. The number of nitrogens with zero attached hydrogens (tertiary/aromatic N) is 3. The van der Waals surface area contributed by atoms with Gasteiger partial charge in [0.05, 0.1) is 12.4 Å². The van der Waals surface area contributed by atoms with E-state index in [1.54, 1.807) is 10.9 Å². The number of pyridine rings is 1. The van der Waals surface area contributed by atoms with Gasteiger partial charge in [0.2, 0.25) is 5.88 Å². The Hall–Kier alpha value is -1.88. The van der Waals surface area contributed by atoms with E-state index in [1.165, 1.54) is 18.4 Å². The molecule has 1 aliphatic rings. The molecule has 2 heterocycles. The zero-order chi connectivity index (χ0) is 13.2. The van der Waals surface area contributed by atoms with E-state index >= 15 is 0 Å². The molecule has 2 aromatic heterocycles. The predicted octanol–water partition coefficient (Wildman–Crippen LogP) is 2.17. The Morgan fingerprint density at radius 1 is 1.42 bits per heavy atom. The third-order valence-corrected chi connectivity index (χ3v) is 3.23. The zero-order valence-electron chi connectivity index (χ0n) is 11.3. The Kier molecular flexibility index (Phi) is 3.21.